The molecule has 0 amide bonds. The van der Waals surface area contributed by atoms with E-state index in [1.165, 1.54) is 26.4 Å². The average Bonchev–Trinajstić information content (AvgIpc) is 2.38. The summed E-state index contributed by atoms with van der Waals surface area (Å²) in [5.74, 6) is 0.716. The van der Waals surface area contributed by atoms with Crippen LogP contribution in [-0.2, 0) is 9.53 Å². The molecule has 0 aromatic rings. The predicted molar refractivity (Wildman–Crippen MR) is 69.6 cm³/mol. The molecular weight excluding hydrogens is 214 g/mol. The third-order valence-corrected chi connectivity index (χ3v) is 4.63. The van der Waals surface area contributed by atoms with Gasteiger partial charge >= 0.3 is 5.97 Å². The fraction of sp³-hybridized carbons (Fsp3) is 0.929. The molecule has 0 spiro atoms. The summed E-state index contributed by atoms with van der Waals surface area (Å²) in [6.45, 7) is 4.35. The molecule has 0 aliphatic heterocycles. The van der Waals surface area contributed by atoms with E-state index in [0.29, 0.717) is 6.42 Å². The number of ether oxygens (including phenoxy) is 1. The van der Waals surface area contributed by atoms with Crippen LogP contribution in [0.3, 0.4) is 0 Å². The highest BCUT2D eigenvalue weighted by Crippen LogP contribution is 2.45. The van der Waals surface area contributed by atoms with Gasteiger partial charge in [0.15, 0.2) is 0 Å². The van der Waals surface area contributed by atoms with E-state index in [1.54, 1.807) is 0 Å². The zero-order valence-electron chi connectivity index (χ0n) is 11.5. The van der Waals surface area contributed by atoms with Gasteiger partial charge < -0.3 is 10.5 Å². The van der Waals surface area contributed by atoms with Crippen LogP contribution < -0.4 is 5.73 Å². The van der Waals surface area contributed by atoms with E-state index in [9.17, 15) is 4.79 Å². The van der Waals surface area contributed by atoms with Gasteiger partial charge in [-0.2, -0.15) is 0 Å². The van der Waals surface area contributed by atoms with Gasteiger partial charge in [0.1, 0.15) is 0 Å². The van der Waals surface area contributed by atoms with Gasteiger partial charge in [-0.1, -0.05) is 20.3 Å². The molecule has 1 atom stereocenters. The maximum Gasteiger partial charge on any atom is 0.306 e. The number of carbonyl (C=O) groups excluding carboxylic acids is 1. The Morgan fingerprint density at radius 3 is 2.41 bits per heavy atom. The van der Waals surface area contributed by atoms with E-state index in [1.807, 2.05) is 0 Å². The van der Waals surface area contributed by atoms with Crippen molar-refractivity contribution in [2.75, 3.05) is 7.11 Å². The Bertz CT molecular complexity index is 245. The molecule has 0 bridgehead atoms. The smallest absolute Gasteiger partial charge is 0.306 e. The molecule has 1 unspecified atom stereocenters. The Kier molecular flexibility index (Phi) is 5.44. The fourth-order valence-electron chi connectivity index (χ4n) is 3.13. The number of hydrogen-bond acceptors (Lipinski definition) is 3. The lowest BCUT2D eigenvalue weighted by atomic mass is 9.64. The van der Waals surface area contributed by atoms with E-state index in [4.69, 9.17) is 10.5 Å². The highest BCUT2D eigenvalue weighted by Gasteiger charge is 2.41. The molecule has 1 saturated carbocycles. The number of carbonyl (C=O) groups is 1. The first kappa shape index (κ1) is 14.5. The van der Waals surface area contributed by atoms with E-state index in [2.05, 4.69) is 13.8 Å². The highest BCUT2D eigenvalue weighted by molar-refractivity contribution is 5.70. The topological polar surface area (TPSA) is 52.3 Å². The van der Waals surface area contributed by atoms with Gasteiger partial charge in [-0.05, 0) is 43.4 Å². The minimum absolute atomic E-state index is 0.00644. The normalized spacial score (nSPS) is 30.9. The van der Waals surface area contributed by atoms with Gasteiger partial charge in [-0.3, -0.25) is 4.79 Å². The van der Waals surface area contributed by atoms with Crippen LogP contribution in [0.15, 0.2) is 0 Å². The SMILES string of the molecule is CCC1CCC(CC(=O)OC)(C(N)CC)CC1. The van der Waals surface area contributed by atoms with Crippen LogP contribution in [0.2, 0.25) is 0 Å². The van der Waals surface area contributed by atoms with Crippen LogP contribution in [0.1, 0.15) is 58.8 Å². The summed E-state index contributed by atoms with van der Waals surface area (Å²) in [4.78, 5) is 11.6. The van der Waals surface area contributed by atoms with Crippen LogP contribution in [0.4, 0.5) is 0 Å². The van der Waals surface area contributed by atoms with E-state index >= 15 is 0 Å². The average molecular weight is 241 g/mol. The van der Waals surface area contributed by atoms with Crippen LogP contribution in [0.5, 0.6) is 0 Å². The van der Waals surface area contributed by atoms with Gasteiger partial charge in [0, 0.05) is 6.04 Å². The summed E-state index contributed by atoms with van der Waals surface area (Å²) in [6, 6.07) is 0.124. The van der Waals surface area contributed by atoms with Crippen molar-refractivity contribution in [2.24, 2.45) is 17.1 Å². The number of nitrogens with two attached hydrogens (primary N) is 1. The van der Waals surface area contributed by atoms with Crippen molar-refractivity contribution in [2.45, 2.75) is 64.8 Å². The summed E-state index contributed by atoms with van der Waals surface area (Å²) in [5, 5.41) is 0. The Morgan fingerprint density at radius 1 is 1.41 bits per heavy atom. The molecule has 17 heavy (non-hydrogen) atoms. The zero-order chi connectivity index (χ0) is 12.9. The molecule has 1 rings (SSSR count). The molecule has 1 aliphatic carbocycles. The van der Waals surface area contributed by atoms with Crippen LogP contribution in [0.25, 0.3) is 0 Å². The second kappa shape index (κ2) is 6.39. The summed E-state index contributed by atoms with van der Waals surface area (Å²) >= 11 is 0. The summed E-state index contributed by atoms with van der Waals surface area (Å²) < 4.78 is 4.83. The van der Waals surface area contributed by atoms with Gasteiger partial charge in [-0.25, -0.2) is 0 Å². The third kappa shape index (κ3) is 3.44. The van der Waals surface area contributed by atoms with Crippen molar-refractivity contribution >= 4 is 5.97 Å². The van der Waals surface area contributed by atoms with Gasteiger partial charge in [0.2, 0.25) is 0 Å². The lowest BCUT2D eigenvalue weighted by molar-refractivity contribution is -0.144. The molecule has 3 nitrogen and oxygen atoms in total. The largest absolute Gasteiger partial charge is 0.469 e. The van der Waals surface area contributed by atoms with E-state index in [-0.39, 0.29) is 17.4 Å². The lowest BCUT2D eigenvalue weighted by Crippen LogP contribution is -2.45. The molecule has 0 radical (unpaired) electrons. The van der Waals surface area contributed by atoms with Crippen molar-refractivity contribution in [1.29, 1.82) is 0 Å². The fourth-order valence-corrected chi connectivity index (χ4v) is 3.13. The molecule has 0 aromatic carbocycles. The first-order valence-electron chi connectivity index (χ1n) is 6.90. The third-order valence-electron chi connectivity index (χ3n) is 4.63. The molecule has 2 N–H and O–H groups in total. The van der Waals surface area contributed by atoms with Crippen LogP contribution in [-0.4, -0.2) is 19.1 Å². The van der Waals surface area contributed by atoms with Gasteiger partial charge in [-0.15, -0.1) is 0 Å². The Hall–Kier alpha value is -0.570. The molecule has 1 aliphatic rings. The Balaban J connectivity index is 2.71. The second-order valence-corrected chi connectivity index (χ2v) is 5.48. The molecule has 3 heteroatoms. The first-order valence-corrected chi connectivity index (χ1v) is 6.90. The van der Waals surface area contributed by atoms with Crippen molar-refractivity contribution in [1.82, 2.24) is 0 Å². The van der Waals surface area contributed by atoms with Crippen molar-refractivity contribution in [3.05, 3.63) is 0 Å². The second-order valence-electron chi connectivity index (χ2n) is 5.48. The van der Waals surface area contributed by atoms with Crippen LogP contribution >= 0.6 is 0 Å². The van der Waals surface area contributed by atoms with Crippen molar-refractivity contribution in [3.8, 4) is 0 Å². The molecule has 0 heterocycles. The number of hydrogen-bond donors (Lipinski definition) is 1. The quantitative estimate of drug-likeness (QED) is 0.753. The Labute approximate surface area is 105 Å². The summed E-state index contributed by atoms with van der Waals surface area (Å²) in [7, 11) is 1.46. The maximum atomic E-state index is 11.6. The molecule has 0 aromatic heterocycles. The van der Waals surface area contributed by atoms with Crippen molar-refractivity contribution in [3.63, 3.8) is 0 Å². The van der Waals surface area contributed by atoms with Gasteiger partial charge in [0.25, 0.3) is 0 Å². The van der Waals surface area contributed by atoms with E-state index in [0.717, 1.165) is 25.2 Å². The lowest BCUT2D eigenvalue weighted by Gasteiger charge is -2.43. The molecule has 0 saturated heterocycles. The monoisotopic (exact) mass is 241 g/mol. The first-order chi connectivity index (χ1) is 8.07. The summed E-state index contributed by atoms with van der Waals surface area (Å²) in [5.41, 5.74) is 6.26. The number of methoxy groups -OCH3 is 1. The van der Waals surface area contributed by atoms with Crippen LogP contribution in [0, 0.1) is 11.3 Å². The molecule has 1 fully saturated rings. The van der Waals surface area contributed by atoms with Crippen molar-refractivity contribution < 1.29 is 9.53 Å². The summed E-state index contributed by atoms with van der Waals surface area (Å²) in [6.07, 6.45) is 7.26. The molecular formula is C14H27NO2. The number of esters is 1. The highest BCUT2D eigenvalue weighted by atomic mass is 16.5. The maximum absolute atomic E-state index is 11.6. The Morgan fingerprint density at radius 2 is 2.00 bits per heavy atom. The standard InChI is InChI=1S/C14H27NO2/c1-4-11-6-8-14(9-7-11,12(15)5-2)10-13(16)17-3/h11-12H,4-10,15H2,1-3H3. The molecule has 100 valence electrons. The number of rotatable bonds is 5. The van der Waals surface area contributed by atoms with Gasteiger partial charge in [0.05, 0.1) is 13.5 Å². The minimum atomic E-state index is -0.108. The minimum Gasteiger partial charge on any atom is -0.469 e. The predicted octanol–water partition coefficient (Wildman–Crippen LogP) is 2.87. The zero-order valence-corrected chi connectivity index (χ0v) is 11.5. The van der Waals surface area contributed by atoms with E-state index < -0.39 is 0 Å².